The van der Waals surface area contributed by atoms with E-state index >= 15 is 0 Å². The third-order valence-electron chi connectivity index (χ3n) is 3.79. The van der Waals surface area contributed by atoms with Crippen LogP contribution in [0.15, 0.2) is 24.3 Å². The maximum Gasteiger partial charge on any atom is 0.513 e. The fourth-order valence-electron chi connectivity index (χ4n) is 2.47. The number of piperazine rings is 1. The zero-order chi connectivity index (χ0) is 17.5. The van der Waals surface area contributed by atoms with Crippen LogP contribution in [0.4, 0.5) is 4.79 Å². The molecule has 0 saturated carbocycles. The molecule has 0 aromatic heterocycles. The second-order valence-corrected chi connectivity index (χ2v) is 5.34. The van der Waals surface area contributed by atoms with Gasteiger partial charge in [-0.2, -0.15) is 0 Å². The highest BCUT2D eigenvalue weighted by Crippen LogP contribution is 2.15. The summed E-state index contributed by atoms with van der Waals surface area (Å²) in [5.41, 5.74) is 0.515. The first-order valence-electron chi connectivity index (χ1n) is 8.06. The van der Waals surface area contributed by atoms with Crippen LogP contribution in [0.5, 0.6) is 5.75 Å². The van der Waals surface area contributed by atoms with Gasteiger partial charge in [-0.25, -0.2) is 4.79 Å². The molecule has 0 unspecified atom stereocenters. The predicted molar refractivity (Wildman–Crippen MR) is 86.9 cm³/mol. The van der Waals surface area contributed by atoms with Crippen molar-refractivity contribution < 1.29 is 23.9 Å². The molecule has 0 atom stereocenters. The van der Waals surface area contributed by atoms with Gasteiger partial charge in [-0.1, -0.05) is 6.92 Å². The molecule has 0 radical (unpaired) electrons. The maximum atomic E-state index is 12.5. The summed E-state index contributed by atoms with van der Waals surface area (Å²) in [4.78, 5) is 38.9. The van der Waals surface area contributed by atoms with Crippen molar-refractivity contribution in [3.63, 3.8) is 0 Å². The molecule has 1 saturated heterocycles. The van der Waals surface area contributed by atoms with Gasteiger partial charge in [0.05, 0.1) is 6.61 Å². The molecule has 1 aliphatic heterocycles. The number of hydrogen-bond acceptors (Lipinski definition) is 5. The lowest BCUT2D eigenvalue weighted by Gasteiger charge is -2.34. The Balaban J connectivity index is 1.91. The third kappa shape index (κ3) is 4.47. The Kier molecular flexibility index (Phi) is 6.17. The molecule has 24 heavy (non-hydrogen) atoms. The number of carbonyl (C=O) groups is 3. The summed E-state index contributed by atoms with van der Waals surface area (Å²) in [7, 11) is 0. The van der Waals surface area contributed by atoms with Gasteiger partial charge < -0.3 is 19.3 Å². The zero-order valence-electron chi connectivity index (χ0n) is 14.0. The van der Waals surface area contributed by atoms with Crippen molar-refractivity contribution in [3.8, 4) is 5.75 Å². The van der Waals surface area contributed by atoms with Crippen LogP contribution in [-0.2, 0) is 9.53 Å². The van der Waals surface area contributed by atoms with Gasteiger partial charge in [0.15, 0.2) is 0 Å². The first kappa shape index (κ1) is 17.8. The average Bonchev–Trinajstić information content (AvgIpc) is 2.61. The van der Waals surface area contributed by atoms with E-state index in [-0.39, 0.29) is 18.4 Å². The van der Waals surface area contributed by atoms with Crippen LogP contribution < -0.4 is 4.74 Å². The van der Waals surface area contributed by atoms with Crippen molar-refractivity contribution in [2.45, 2.75) is 20.3 Å². The van der Waals surface area contributed by atoms with Crippen molar-refractivity contribution in [2.75, 3.05) is 32.8 Å². The quantitative estimate of drug-likeness (QED) is 0.621. The minimum atomic E-state index is -0.770. The molecule has 7 nitrogen and oxygen atoms in total. The summed E-state index contributed by atoms with van der Waals surface area (Å²) in [5, 5.41) is 0. The fourth-order valence-corrected chi connectivity index (χ4v) is 2.47. The third-order valence-corrected chi connectivity index (χ3v) is 3.79. The van der Waals surface area contributed by atoms with Gasteiger partial charge >= 0.3 is 6.16 Å². The SMILES string of the molecule is CCOC(=O)Oc1ccc(C(=O)N2CCN(C(=O)CC)CC2)cc1. The molecule has 0 spiro atoms. The normalized spacial score (nSPS) is 14.2. The number of rotatable bonds is 4. The molecular formula is C17H22N2O5. The number of amides is 2. The molecule has 130 valence electrons. The van der Waals surface area contributed by atoms with Crippen LogP contribution in [0.1, 0.15) is 30.6 Å². The van der Waals surface area contributed by atoms with E-state index in [1.54, 1.807) is 41.0 Å². The highest BCUT2D eigenvalue weighted by molar-refractivity contribution is 5.94. The highest BCUT2D eigenvalue weighted by atomic mass is 16.7. The second-order valence-electron chi connectivity index (χ2n) is 5.34. The average molecular weight is 334 g/mol. The number of ether oxygens (including phenoxy) is 2. The Morgan fingerprint density at radius 2 is 1.54 bits per heavy atom. The number of carbonyl (C=O) groups excluding carboxylic acids is 3. The van der Waals surface area contributed by atoms with Crippen molar-refractivity contribution in [2.24, 2.45) is 0 Å². The summed E-state index contributed by atoms with van der Waals surface area (Å²) in [6.45, 7) is 5.92. The molecule has 2 rings (SSSR count). The Labute approximate surface area is 141 Å². The van der Waals surface area contributed by atoms with Crippen LogP contribution in [0.25, 0.3) is 0 Å². The van der Waals surface area contributed by atoms with Crippen LogP contribution in [0.2, 0.25) is 0 Å². The molecule has 0 bridgehead atoms. The minimum absolute atomic E-state index is 0.0960. The van der Waals surface area contributed by atoms with Gasteiger partial charge in [0.1, 0.15) is 5.75 Å². The summed E-state index contributed by atoms with van der Waals surface area (Å²) < 4.78 is 9.65. The largest absolute Gasteiger partial charge is 0.513 e. The number of benzene rings is 1. The Morgan fingerprint density at radius 1 is 0.958 bits per heavy atom. The standard InChI is InChI=1S/C17H22N2O5/c1-3-15(20)18-9-11-19(12-10-18)16(21)13-5-7-14(8-6-13)24-17(22)23-4-2/h5-8H,3-4,9-12H2,1-2H3. The van der Waals surface area contributed by atoms with Crippen LogP contribution in [0.3, 0.4) is 0 Å². The minimum Gasteiger partial charge on any atom is -0.434 e. The Morgan fingerprint density at radius 3 is 2.08 bits per heavy atom. The molecular weight excluding hydrogens is 312 g/mol. The number of hydrogen-bond donors (Lipinski definition) is 0. The molecule has 1 fully saturated rings. The number of nitrogens with zero attached hydrogens (tertiary/aromatic N) is 2. The lowest BCUT2D eigenvalue weighted by atomic mass is 10.1. The summed E-state index contributed by atoms with van der Waals surface area (Å²) in [6, 6.07) is 6.34. The maximum absolute atomic E-state index is 12.5. The molecule has 1 heterocycles. The molecule has 7 heteroatoms. The Hall–Kier alpha value is -2.57. The van der Waals surface area contributed by atoms with E-state index in [1.807, 2.05) is 6.92 Å². The van der Waals surface area contributed by atoms with E-state index in [1.165, 1.54) is 0 Å². The highest BCUT2D eigenvalue weighted by Gasteiger charge is 2.24. The first-order valence-corrected chi connectivity index (χ1v) is 8.06. The monoisotopic (exact) mass is 334 g/mol. The lowest BCUT2D eigenvalue weighted by molar-refractivity contribution is -0.132. The molecule has 1 aromatic rings. The second kappa shape index (κ2) is 8.33. The molecule has 1 aromatic carbocycles. The van der Waals surface area contributed by atoms with Crippen molar-refractivity contribution in [1.82, 2.24) is 9.80 Å². The van der Waals surface area contributed by atoms with E-state index in [2.05, 4.69) is 4.74 Å². The topological polar surface area (TPSA) is 76.2 Å². The Bertz CT molecular complexity index is 592. The van der Waals surface area contributed by atoms with E-state index in [4.69, 9.17) is 4.74 Å². The van der Waals surface area contributed by atoms with Gasteiger partial charge in [-0.3, -0.25) is 9.59 Å². The molecule has 1 aliphatic rings. The van der Waals surface area contributed by atoms with Crippen molar-refractivity contribution in [3.05, 3.63) is 29.8 Å². The summed E-state index contributed by atoms with van der Waals surface area (Å²) in [5.74, 6) is 0.340. The molecule has 0 aliphatic carbocycles. The smallest absolute Gasteiger partial charge is 0.434 e. The molecule has 2 amide bonds. The predicted octanol–water partition coefficient (Wildman–Crippen LogP) is 1.92. The zero-order valence-corrected chi connectivity index (χ0v) is 14.0. The van der Waals surface area contributed by atoms with Gasteiger partial charge in [0, 0.05) is 38.2 Å². The van der Waals surface area contributed by atoms with Crippen molar-refractivity contribution in [1.29, 1.82) is 0 Å². The lowest BCUT2D eigenvalue weighted by Crippen LogP contribution is -2.50. The van der Waals surface area contributed by atoms with Crippen LogP contribution in [-0.4, -0.2) is 60.6 Å². The van der Waals surface area contributed by atoms with E-state index in [0.29, 0.717) is 43.9 Å². The van der Waals surface area contributed by atoms with Crippen LogP contribution in [0, 0.1) is 0 Å². The van der Waals surface area contributed by atoms with Gasteiger partial charge in [-0.05, 0) is 31.2 Å². The summed E-state index contributed by atoms with van der Waals surface area (Å²) in [6.07, 6.45) is -0.288. The van der Waals surface area contributed by atoms with Gasteiger partial charge in [-0.15, -0.1) is 0 Å². The van der Waals surface area contributed by atoms with Gasteiger partial charge in [0.25, 0.3) is 5.91 Å². The van der Waals surface area contributed by atoms with E-state index in [0.717, 1.165) is 0 Å². The van der Waals surface area contributed by atoms with Crippen molar-refractivity contribution >= 4 is 18.0 Å². The van der Waals surface area contributed by atoms with E-state index < -0.39 is 6.16 Å². The van der Waals surface area contributed by atoms with Crippen LogP contribution >= 0.6 is 0 Å². The van der Waals surface area contributed by atoms with Gasteiger partial charge in [0.2, 0.25) is 5.91 Å². The van der Waals surface area contributed by atoms with E-state index in [9.17, 15) is 14.4 Å². The first-order chi connectivity index (χ1) is 11.5. The molecule has 0 N–H and O–H groups in total. The fraction of sp³-hybridized carbons (Fsp3) is 0.471. The summed E-state index contributed by atoms with van der Waals surface area (Å²) >= 11 is 0.